The second-order valence-corrected chi connectivity index (χ2v) is 4.80. The van der Waals surface area contributed by atoms with E-state index < -0.39 is 29.6 Å². The minimum Gasteiger partial charge on any atom is -0.388 e. The first kappa shape index (κ1) is 13.3. The molecule has 0 spiro atoms. The van der Waals surface area contributed by atoms with Crippen LogP contribution in [-0.4, -0.2) is 11.0 Å². The van der Waals surface area contributed by atoms with Crippen LogP contribution in [0.1, 0.15) is 37.4 Å². The summed E-state index contributed by atoms with van der Waals surface area (Å²) in [6.45, 7) is 0. The molecule has 1 aliphatic rings. The number of halogens is 4. The predicted molar refractivity (Wildman–Crippen MR) is 58.2 cm³/mol. The fourth-order valence-corrected chi connectivity index (χ4v) is 2.37. The third-order valence-corrected chi connectivity index (χ3v) is 3.48. The van der Waals surface area contributed by atoms with E-state index in [-0.39, 0.29) is 31.2 Å². The summed E-state index contributed by atoms with van der Waals surface area (Å²) < 4.78 is 52.4. The Labute approximate surface area is 102 Å². The van der Waals surface area contributed by atoms with Crippen molar-refractivity contribution < 1.29 is 22.7 Å². The first-order valence-corrected chi connectivity index (χ1v) is 5.90. The largest absolute Gasteiger partial charge is 0.388 e. The number of aliphatic hydroxyl groups is 1. The Kier molecular flexibility index (Phi) is 3.61. The van der Waals surface area contributed by atoms with Crippen molar-refractivity contribution in [3.8, 4) is 0 Å². The minimum absolute atomic E-state index is 0.115. The molecule has 1 fully saturated rings. The Hall–Kier alpha value is -1.10. The van der Waals surface area contributed by atoms with Gasteiger partial charge in [0.05, 0.1) is 6.10 Å². The lowest BCUT2D eigenvalue weighted by molar-refractivity contribution is -0.0630. The first-order chi connectivity index (χ1) is 8.39. The summed E-state index contributed by atoms with van der Waals surface area (Å²) in [6.07, 6.45) is -1.62. The van der Waals surface area contributed by atoms with E-state index in [1.807, 2.05) is 0 Å². The highest BCUT2D eigenvalue weighted by Gasteiger charge is 2.38. The fourth-order valence-electron chi connectivity index (χ4n) is 2.37. The standard InChI is InChI=1S/C13H14F4O/c14-9-1-2-11(15)10(7-9)12(18)8-3-5-13(16,17)6-4-8/h1-2,7-8,12,18H,3-6H2. The van der Waals surface area contributed by atoms with Gasteiger partial charge in [-0.3, -0.25) is 0 Å². The summed E-state index contributed by atoms with van der Waals surface area (Å²) in [5.41, 5.74) is -0.148. The van der Waals surface area contributed by atoms with Crippen LogP contribution in [0.15, 0.2) is 18.2 Å². The van der Waals surface area contributed by atoms with E-state index in [9.17, 15) is 22.7 Å². The normalized spacial score (nSPS) is 21.8. The van der Waals surface area contributed by atoms with Gasteiger partial charge in [-0.05, 0) is 37.0 Å². The number of rotatable bonds is 2. The van der Waals surface area contributed by atoms with E-state index >= 15 is 0 Å². The Morgan fingerprint density at radius 1 is 1.17 bits per heavy atom. The second kappa shape index (κ2) is 4.88. The molecule has 0 saturated heterocycles. The summed E-state index contributed by atoms with van der Waals surface area (Å²) >= 11 is 0. The summed E-state index contributed by atoms with van der Waals surface area (Å²) in [4.78, 5) is 0. The Morgan fingerprint density at radius 2 is 1.78 bits per heavy atom. The summed E-state index contributed by atoms with van der Waals surface area (Å²) in [5, 5.41) is 9.97. The van der Waals surface area contributed by atoms with Crippen molar-refractivity contribution in [2.75, 3.05) is 0 Å². The van der Waals surface area contributed by atoms with Gasteiger partial charge in [0.15, 0.2) is 0 Å². The highest BCUT2D eigenvalue weighted by Crippen LogP contribution is 2.41. The van der Waals surface area contributed by atoms with Crippen molar-refractivity contribution in [2.24, 2.45) is 5.92 Å². The van der Waals surface area contributed by atoms with Crippen LogP contribution in [0.25, 0.3) is 0 Å². The lowest BCUT2D eigenvalue weighted by atomic mass is 9.81. The van der Waals surface area contributed by atoms with Crippen molar-refractivity contribution >= 4 is 0 Å². The number of aliphatic hydroxyl groups excluding tert-OH is 1. The third-order valence-electron chi connectivity index (χ3n) is 3.48. The van der Waals surface area contributed by atoms with Crippen molar-refractivity contribution in [3.63, 3.8) is 0 Å². The SMILES string of the molecule is OC(c1cc(F)ccc1F)C1CCC(F)(F)CC1. The van der Waals surface area contributed by atoms with Crippen molar-refractivity contribution in [1.29, 1.82) is 0 Å². The van der Waals surface area contributed by atoms with E-state index in [4.69, 9.17) is 0 Å². The molecule has 0 bridgehead atoms. The van der Waals surface area contributed by atoms with Gasteiger partial charge in [-0.15, -0.1) is 0 Å². The van der Waals surface area contributed by atoms with Crippen LogP contribution in [0.3, 0.4) is 0 Å². The van der Waals surface area contributed by atoms with Gasteiger partial charge >= 0.3 is 0 Å². The molecule has 100 valence electrons. The topological polar surface area (TPSA) is 20.2 Å². The Morgan fingerprint density at radius 3 is 2.39 bits per heavy atom. The molecule has 1 saturated carbocycles. The molecule has 1 aliphatic carbocycles. The molecule has 2 rings (SSSR count). The second-order valence-electron chi connectivity index (χ2n) is 4.80. The van der Waals surface area contributed by atoms with E-state index in [1.54, 1.807) is 0 Å². The average molecular weight is 262 g/mol. The van der Waals surface area contributed by atoms with Gasteiger partial charge in [0.2, 0.25) is 5.92 Å². The first-order valence-electron chi connectivity index (χ1n) is 5.90. The summed E-state index contributed by atoms with van der Waals surface area (Å²) in [7, 11) is 0. The Balaban J connectivity index is 2.12. The van der Waals surface area contributed by atoms with Crippen molar-refractivity contribution in [1.82, 2.24) is 0 Å². The van der Waals surface area contributed by atoms with Gasteiger partial charge in [-0.25, -0.2) is 17.6 Å². The number of hydrogen-bond acceptors (Lipinski definition) is 1. The van der Waals surface area contributed by atoms with E-state index in [2.05, 4.69) is 0 Å². The molecule has 1 aromatic carbocycles. The molecule has 0 aliphatic heterocycles. The van der Waals surface area contributed by atoms with Crippen LogP contribution in [0.4, 0.5) is 17.6 Å². The molecule has 5 heteroatoms. The molecule has 1 N–H and O–H groups in total. The molecule has 1 aromatic rings. The smallest absolute Gasteiger partial charge is 0.248 e. The zero-order chi connectivity index (χ0) is 13.3. The number of hydrogen-bond donors (Lipinski definition) is 1. The molecule has 1 unspecified atom stereocenters. The number of alkyl halides is 2. The Bertz CT molecular complexity index is 423. The molecule has 0 heterocycles. The molecule has 0 amide bonds. The van der Waals surface area contributed by atoms with Gasteiger partial charge in [0.25, 0.3) is 0 Å². The van der Waals surface area contributed by atoms with Crippen LogP contribution < -0.4 is 0 Å². The van der Waals surface area contributed by atoms with Crippen LogP contribution in [-0.2, 0) is 0 Å². The molecular weight excluding hydrogens is 248 g/mol. The molecule has 18 heavy (non-hydrogen) atoms. The van der Waals surface area contributed by atoms with Gasteiger partial charge in [-0.2, -0.15) is 0 Å². The highest BCUT2D eigenvalue weighted by atomic mass is 19.3. The van der Waals surface area contributed by atoms with Crippen molar-refractivity contribution in [2.45, 2.75) is 37.7 Å². The van der Waals surface area contributed by atoms with Gasteiger partial charge in [0, 0.05) is 18.4 Å². The van der Waals surface area contributed by atoms with Gasteiger partial charge < -0.3 is 5.11 Å². The zero-order valence-corrected chi connectivity index (χ0v) is 9.67. The summed E-state index contributed by atoms with van der Waals surface area (Å²) in [6, 6.07) is 2.82. The quantitative estimate of drug-likeness (QED) is 0.803. The lowest BCUT2D eigenvalue weighted by Crippen LogP contribution is -2.28. The average Bonchev–Trinajstić information content (AvgIpc) is 2.31. The van der Waals surface area contributed by atoms with E-state index in [0.29, 0.717) is 0 Å². The molecule has 0 aromatic heterocycles. The zero-order valence-electron chi connectivity index (χ0n) is 9.67. The lowest BCUT2D eigenvalue weighted by Gasteiger charge is -2.31. The molecular formula is C13H14F4O. The van der Waals surface area contributed by atoms with Crippen LogP contribution >= 0.6 is 0 Å². The maximum absolute atomic E-state index is 13.5. The van der Waals surface area contributed by atoms with Crippen molar-refractivity contribution in [3.05, 3.63) is 35.4 Å². The third kappa shape index (κ3) is 2.83. The summed E-state index contributed by atoms with van der Waals surface area (Å²) in [5.74, 6) is -4.50. The molecule has 1 atom stereocenters. The molecule has 1 nitrogen and oxygen atoms in total. The monoisotopic (exact) mass is 262 g/mol. The minimum atomic E-state index is -2.70. The van der Waals surface area contributed by atoms with Gasteiger partial charge in [-0.1, -0.05) is 0 Å². The number of benzene rings is 1. The fraction of sp³-hybridized carbons (Fsp3) is 0.538. The van der Waals surface area contributed by atoms with Gasteiger partial charge in [0.1, 0.15) is 11.6 Å². The van der Waals surface area contributed by atoms with Crippen LogP contribution in [0, 0.1) is 17.6 Å². The molecule has 0 radical (unpaired) electrons. The maximum atomic E-state index is 13.5. The van der Waals surface area contributed by atoms with E-state index in [1.165, 1.54) is 0 Å². The van der Waals surface area contributed by atoms with Crippen LogP contribution in [0.5, 0.6) is 0 Å². The maximum Gasteiger partial charge on any atom is 0.248 e. The predicted octanol–water partition coefficient (Wildman–Crippen LogP) is 3.82. The van der Waals surface area contributed by atoms with E-state index in [0.717, 1.165) is 18.2 Å². The highest BCUT2D eigenvalue weighted by molar-refractivity contribution is 5.21. The van der Waals surface area contributed by atoms with Crippen LogP contribution in [0.2, 0.25) is 0 Å².